The van der Waals surface area contributed by atoms with Gasteiger partial charge < -0.3 is 14.4 Å². The molecule has 2 aromatic rings. The lowest BCUT2D eigenvalue weighted by Gasteiger charge is -2.40. The number of rotatable bonds is 2. The first-order valence-electron chi connectivity index (χ1n) is 9.37. The molecule has 1 saturated carbocycles. The van der Waals surface area contributed by atoms with E-state index in [2.05, 4.69) is 5.10 Å². The van der Waals surface area contributed by atoms with Gasteiger partial charge in [0.25, 0.3) is 0 Å². The molecule has 5 nitrogen and oxygen atoms in total. The van der Waals surface area contributed by atoms with Crippen LogP contribution in [-0.4, -0.2) is 38.8 Å². The minimum absolute atomic E-state index is 0.0979. The summed E-state index contributed by atoms with van der Waals surface area (Å²) in [7, 11) is -0.886. The molecule has 2 fully saturated rings. The van der Waals surface area contributed by atoms with Crippen LogP contribution in [0.3, 0.4) is 0 Å². The summed E-state index contributed by atoms with van der Waals surface area (Å²) < 4.78 is 54.6. The molecule has 0 bridgehead atoms. The number of benzene rings is 1. The van der Waals surface area contributed by atoms with Crippen LogP contribution in [0.4, 0.5) is 13.2 Å². The fourth-order valence-electron chi connectivity index (χ4n) is 3.84. The summed E-state index contributed by atoms with van der Waals surface area (Å²) in [5.74, 6) is 0. The van der Waals surface area contributed by atoms with E-state index < -0.39 is 35.7 Å². The summed E-state index contributed by atoms with van der Waals surface area (Å²) in [6, 6.07) is 2.61. The lowest BCUT2D eigenvalue weighted by atomic mass is 9.77. The molecular weight excluding hydrogens is 372 g/mol. The van der Waals surface area contributed by atoms with Gasteiger partial charge >= 0.3 is 13.3 Å². The van der Waals surface area contributed by atoms with Gasteiger partial charge in [-0.05, 0) is 59.0 Å². The van der Waals surface area contributed by atoms with Crippen molar-refractivity contribution in [1.82, 2.24) is 9.78 Å². The van der Waals surface area contributed by atoms with Crippen molar-refractivity contribution in [3.05, 3.63) is 23.9 Å². The maximum Gasteiger partial charge on any atom is 0.494 e. The van der Waals surface area contributed by atoms with E-state index in [4.69, 9.17) is 9.31 Å². The molecule has 1 aromatic heterocycles. The lowest BCUT2D eigenvalue weighted by Crippen LogP contribution is -2.42. The topological polar surface area (TPSA) is 56.5 Å². The van der Waals surface area contributed by atoms with Gasteiger partial charge in [-0.1, -0.05) is 6.07 Å². The fourth-order valence-corrected chi connectivity index (χ4v) is 3.84. The molecule has 0 atom stereocenters. The molecule has 2 heterocycles. The molecular formula is C19H24BF3N2O3. The second-order valence-electron chi connectivity index (χ2n) is 9.26. The maximum atomic E-state index is 13.7. The monoisotopic (exact) mass is 396 g/mol. The van der Waals surface area contributed by atoms with Crippen molar-refractivity contribution < 1.29 is 27.6 Å². The van der Waals surface area contributed by atoms with Crippen molar-refractivity contribution in [2.24, 2.45) is 0 Å². The summed E-state index contributed by atoms with van der Waals surface area (Å²) >= 11 is 0. The first-order chi connectivity index (χ1) is 12.7. The van der Waals surface area contributed by atoms with Crippen molar-refractivity contribution in [3.63, 3.8) is 0 Å². The quantitative estimate of drug-likeness (QED) is 0.791. The van der Waals surface area contributed by atoms with Gasteiger partial charge in [0.2, 0.25) is 0 Å². The Bertz CT molecular complexity index is 912. The number of hydrogen-bond donors (Lipinski definition) is 1. The average molecular weight is 396 g/mol. The van der Waals surface area contributed by atoms with Crippen LogP contribution in [0, 0.1) is 0 Å². The summed E-state index contributed by atoms with van der Waals surface area (Å²) in [5, 5.41) is 14.5. The number of alkyl halides is 3. The second kappa shape index (κ2) is 5.74. The Morgan fingerprint density at radius 2 is 1.68 bits per heavy atom. The molecule has 1 saturated heterocycles. The molecule has 2 aliphatic rings. The molecule has 1 aromatic carbocycles. The van der Waals surface area contributed by atoms with Gasteiger partial charge in [0.1, 0.15) is 5.52 Å². The van der Waals surface area contributed by atoms with E-state index in [0.717, 1.165) is 6.07 Å². The van der Waals surface area contributed by atoms with E-state index in [0.29, 0.717) is 23.7 Å². The minimum atomic E-state index is -4.55. The molecule has 0 spiro atoms. The Hall–Kier alpha value is -1.58. The van der Waals surface area contributed by atoms with E-state index >= 15 is 0 Å². The van der Waals surface area contributed by atoms with E-state index in [1.807, 2.05) is 27.7 Å². The Balaban J connectivity index is 1.77. The smallest absolute Gasteiger partial charge is 0.399 e. The van der Waals surface area contributed by atoms with E-state index in [-0.39, 0.29) is 11.6 Å². The predicted molar refractivity (Wildman–Crippen MR) is 99.3 cm³/mol. The lowest BCUT2D eigenvalue weighted by molar-refractivity contribution is -0.136. The van der Waals surface area contributed by atoms with Gasteiger partial charge in [-0.3, -0.25) is 4.68 Å². The third-order valence-corrected chi connectivity index (χ3v) is 6.20. The van der Waals surface area contributed by atoms with E-state index in [1.165, 1.54) is 4.68 Å². The van der Waals surface area contributed by atoms with Crippen molar-refractivity contribution in [1.29, 1.82) is 0 Å². The van der Waals surface area contributed by atoms with Crippen LogP contribution in [0.1, 0.15) is 59.1 Å². The second-order valence-corrected chi connectivity index (χ2v) is 9.26. The third kappa shape index (κ3) is 3.13. The van der Waals surface area contributed by atoms with Crippen molar-refractivity contribution >= 4 is 23.5 Å². The molecule has 0 unspecified atom stereocenters. The Kier molecular flexibility index (Phi) is 4.04. The molecule has 152 valence electrons. The van der Waals surface area contributed by atoms with Gasteiger partial charge in [-0.15, -0.1) is 0 Å². The third-order valence-electron chi connectivity index (χ3n) is 6.20. The molecule has 1 aliphatic carbocycles. The van der Waals surface area contributed by atoms with Gasteiger partial charge in [0, 0.05) is 11.6 Å². The predicted octanol–water partition coefficient (Wildman–Crippen LogP) is 3.44. The Morgan fingerprint density at radius 3 is 2.18 bits per heavy atom. The molecule has 4 rings (SSSR count). The zero-order valence-electron chi connectivity index (χ0n) is 16.6. The summed E-state index contributed by atoms with van der Waals surface area (Å²) in [6.07, 6.45) is -2.01. The number of nitrogens with zero attached hydrogens (tertiary/aromatic N) is 2. The molecule has 0 amide bonds. The van der Waals surface area contributed by atoms with Crippen molar-refractivity contribution in [2.45, 2.75) is 76.5 Å². The highest BCUT2D eigenvalue weighted by molar-refractivity contribution is 6.62. The highest BCUT2D eigenvalue weighted by Crippen LogP contribution is 2.42. The highest BCUT2D eigenvalue weighted by atomic mass is 19.4. The maximum absolute atomic E-state index is 13.7. The molecule has 1 aliphatic heterocycles. The molecule has 0 radical (unpaired) electrons. The standard InChI is InChI=1S/C19H24BF3N2O3/c1-16(2)17(3,4)28-20(27-16)12-6-11-10-25(13-8-18(5,26)9-13)24-15(11)14(7-12)19(21,22)23/h6-7,10,13,26H,8-9H2,1-5H3. The van der Waals surface area contributed by atoms with Crippen LogP contribution in [-0.2, 0) is 15.5 Å². The molecule has 1 N–H and O–H groups in total. The van der Waals surface area contributed by atoms with Gasteiger partial charge in [-0.25, -0.2) is 0 Å². The van der Waals surface area contributed by atoms with E-state index in [1.54, 1.807) is 19.2 Å². The van der Waals surface area contributed by atoms with Crippen molar-refractivity contribution in [3.8, 4) is 0 Å². The first-order valence-corrected chi connectivity index (χ1v) is 9.37. The number of halogens is 3. The van der Waals surface area contributed by atoms with Crippen LogP contribution in [0.2, 0.25) is 0 Å². The summed E-state index contributed by atoms with van der Waals surface area (Å²) in [5.41, 5.74) is -2.67. The molecule has 9 heteroatoms. The van der Waals surface area contributed by atoms with Gasteiger partial charge in [0.15, 0.2) is 0 Å². The zero-order chi connectivity index (χ0) is 20.7. The minimum Gasteiger partial charge on any atom is -0.399 e. The fraction of sp³-hybridized carbons (Fsp3) is 0.632. The van der Waals surface area contributed by atoms with Crippen LogP contribution in [0.15, 0.2) is 18.3 Å². The molecule has 28 heavy (non-hydrogen) atoms. The van der Waals surface area contributed by atoms with Crippen LogP contribution in [0.5, 0.6) is 0 Å². The van der Waals surface area contributed by atoms with Crippen LogP contribution < -0.4 is 5.46 Å². The summed E-state index contributed by atoms with van der Waals surface area (Å²) in [4.78, 5) is 0. The number of fused-ring (bicyclic) bond motifs is 1. The highest BCUT2D eigenvalue weighted by Gasteiger charge is 2.52. The summed E-state index contributed by atoms with van der Waals surface area (Å²) in [6.45, 7) is 9.14. The SMILES string of the molecule is CC1(O)CC(n2cc3cc(B4OC(C)(C)C(C)(C)O4)cc(C(F)(F)F)c3n2)C1. The first kappa shape index (κ1) is 19.7. The largest absolute Gasteiger partial charge is 0.494 e. The average Bonchev–Trinajstić information content (AvgIpc) is 3.01. The van der Waals surface area contributed by atoms with Gasteiger partial charge in [-0.2, -0.15) is 18.3 Å². The zero-order valence-corrected chi connectivity index (χ0v) is 16.6. The van der Waals surface area contributed by atoms with Gasteiger partial charge in [0.05, 0.1) is 28.4 Å². The Labute approximate surface area is 161 Å². The number of aromatic nitrogens is 2. The van der Waals surface area contributed by atoms with Crippen LogP contribution >= 0.6 is 0 Å². The van der Waals surface area contributed by atoms with E-state index in [9.17, 15) is 18.3 Å². The number of aliphatic hydroxyl groups is 1. The Morgan fingerprint density at radius 1 is 1.11 bits per heavy atom. The van der Waals surface area contributed by atoms with Crippen molar-refractivity contribution in [2.75, 3.05) is 0 Å². The normalized spacial score (nSPS) is 29.3. The number of hydrogen-bond acceptors (Lipinski definition) is 4. The van der Waals surface area contributed by atoms with Crippen LogP contribution in [0.25, 0.3) is 10.9 Å².